The molecule has 0 aliphatic carbocycles. The van der Waals surface area contributed by atoms with Gasteiger partial charge in [0.25, 0.3) is 11.7 Å². The lowest BCUT2D eigenvalue weighted by molar-refractivity contribution is -0.140. The molecule has 2 aromatic carbocycles. The summed E-state index contributed by atoms with van der Waals surface area (Å²) in [6, 6.07) is 11.1. The molecule has 0 unspecified atom stereocenters. The summed E-state index contributed by atoms with van der Waals surface area (Å²) in [5.74, 6) is 0.358. The van der Waals surface area contributed by atoms with Gasteiger partial charge in [0.15, 0.2) is 0 Å². The molecule has 0 radical (unpaired) electrons. The minimum Gasteiger partial charge on any atom is -0.507 e. The van der Waals surface area contributed by atoms with Crippen molar-refractivity contribution in [3.63, 3.8) is 0 Å². The minimum atomic E-state index is -0.829. The number of aliphatic hydroxyl groups is 1. The number of methoxy groups -OCH3 is 3. The number of nitrogens with zero attached hydrogens (tertiary/aromatic N) is 1. The van der Waals surface area contributed by atoms with Gasteiger partial charge < -0.3 is 29.0 Å². The Labute approximate surface area is 206 Å². The average molecular weight is 484 g/mol. The largest absolute Gasteiger partial charge is 0.507 e. The molecule has 0 spiro atoms. The molecule has 1 atom stereocenters. The van der Waals surface area contributed by atoms with Crippen LogP contribution in [-0.2, 0) is 14.3 Å². The molecule has 1 heterocycles. The van der Waals surface area contributed by atoms with Crippen molar-refractivity contribution in [3.8, 4) is 17.2 Å². The molecule has 0 bridgehead atoms. The van der Waals surface area contributed by atoms with Crippen molar-refractivity contribution in [1.29, 1.82) is 0 Å². The van der Waals surface area contributed by atoms with E-state index in [1.165, 1.54) is 12.0 Å². The van der Waals surface area contributed by atoms with Gasteiger partial charge >= 0.3 is 0 Å². The molecule has 1 amide bonds. The second-order valence-corrected chi connectivity index (χ2v) is 8.68. The van der Waals surface area contributed by atoms with Crippen LogP contribution in [0, 0.1) is 5.92 Å². The Kier molecular flexibility index (Phi) is 8.76. The van der Waals surface area contributed by atoms with Gasteiger partial charge in [0.1, 0.15) is 23.0 Å². The van der Waals surface area contributed by atoms with Crippen molar-refractivity contribution in [2.75, 3.05) is 41.1 Å². The van der Waals surface area contributed by atoms with Crippen LogP contribution in [-0.4, -0.2) is 62.8 Å². The van der Waals surface area contributed by atoms with Crippen LogP contribution >= 0.6 is 0 Å². The van der Waals surface area contributed by atoms with Gasteiger partial charge in [-0.3, -0.25) is 9.59 Å². The van der Waals surface area contributed by atoms with Crippen LogP contribution in [0.5, 0.6) is 17.2 Å². The summed E-state index contributed by atoms with van der Waals surface area (Å²) in [5.41, 5.74) is 0.990. The predicted octanol–water partition coefficient (Wildman–Crippen LogP) is 4.20. The van der Waals surface area contributed by atoms with E-state index in [0.717, 1.165) is 0 Å². The summed E-state index contributed by atoms with van der Waals surface area (Å²) < 4.78 is 21.7. The van der Waals surface area contributed by atoms with Gasteiger partial charge in [0.2, 0.25) is 0 Å². The molecular formula is C27H33NO7. The third-order valence-electron chi connectivity index (χ3n) is 5.73. The molecule has 1 saturated heterocycles. The van der Waals surface area contributed by atoms with Crippen molar-refractivity contribution >= 4 is 17.4 Å². The topological polar surface area (TPSA) is 94.5 Å². The average Bonchev–Trinajstić information content (AvgIpc) is 3.11. The molecule has 0 saturated carbocycles. The molecule has 35 heavy (non-hydrogen) atoms. The monoisotopic (exact) mass is 483 g/mol. The van der Waals surface area contributed by atoms with Crippen LogP contribution in [0.15, 0.2) is 48.0 Å². The molecule has 3 rings (SSSR count). The van der Waals surface area contributed by atoms with Crippen LogP contribution in [0.25, 0.3) is 5.76 Å². The highest BCUT2D eigenvalue weighted by molar-refractivity contribution is 6.46. The first-order valence-electron chi connectivity index (χ1n) is 11.5. The zero-order chi connectivity index (χ0) is 25.5. The Morgan fingerprint density at radius 3 is 2.29 bits per heavy atom. The van der Waals surface area contributed by atoms with E-state index < -0.39 is 17.7 Å². The Hall–Kier alpha value is -3.52. The number of ether oxygens (including phenoxy) is 4. The first-order chi connectivity index (χ1) is 16.8. The quantitative estimate of drug-likeness (QED) is 0.222. The van der Waals surface area contributed by atoms with Gasteiger partial charge in [0.05, 0.1) is 32.4 Å². The zero-order valence-electron chi connectivity index (χ0n) is 20.9. The van der Waals surface area contributed by atoms with Crippen LogP contribution < -0.4 is 14.2 Å². The Bertz CT molecular complexity index is 1080. The van der Waals surface area contributed by atoms with Gasteiger partial charge in [-0.05, 0) is 48.7 Å². The normalized spacial score (nSPS) is 17.2. The lowest BCUT2D eigenvalue weighted by Gasteiger charge is -2.26. The van der Waals surface area contributed by atoms with Gasteiger partial charge in [-0.2, -0.15) is 0 Å². The van der Waals surface area contributed by atoms with E-state index in [9.17, 15) is 14.7 Å². The van der Waals surface area contributed by atoms with Crippen molar-refractivity contribution in [2.24, 2.45) is 5.92 Å². The number of carbonyl (C=O) groups is 2. The Balaban J connectivity index is 2.08. The van der Waals surface area contributed by atoms with Gasteiger partial charge in [-0.15, -0.1) is 0 Å². The Morgan fingerprint density at radius 2 is 1.69 bits per heavy atom. The number of aliphatic hydroxyl groups excluding tert-OH is 1. The summed E-state index contributed by atoms with van der Waals surface area (Å²) >= 11 is 0. The molecule has 2 aromatic rings. The van der Waals surface area contributed by atoms with Gasteiger partial charge in [-0.1, -0.05) is 13.8 Å². The maximum Gasteiger partial charge on any atom is 0.295 e. The van der Waals surface area contributed by atoms with Crippen molar-refractivity contribution in [3.05, 3.63) is 59.2 Å². The van der Waals surface area contributed by atoms with Crippen molar-refractivity contribution in [1.82, 2.24) is 4.90 Å². The maximum atomic E-state index is 13.2. The van der Waals surface area contributed by atoms with Crippen molar-refractivity contribution in [2.45, 2.75) is 26.3 Å². The number of rotatable bonds is 11. The SMILES string of the molecule is COCCCN1C(=O)C(=O)/C(=C(/O)c2ccc(OCC(C)C)cc2)[C@@H]1c1ccc(OC)cc1OC. The summed E-state index contributed by atoms with van der Waals surface area (Å²) in [6.07, 6.45) is 0.528. The zero-order valence-corrected chi connectivity index (χ0v) is 20.9. The number of benzene rings is 2. The number of Topliss-reactive ketones (excluding diaryl/α,β-unsaturated/α-hetero) is 1. The molecule has 8 nitrogen and oxygen atoms in total. The fraction of sp³-hybridized carbons (Fsp3) is 0.407. The fourth-order valence-corrected chi connectivity index (χ4v) is 3.98. The predicted molar refractivity (Wildman–Crippen MR) is 132 cm³/mol. The van der Waals surface area contributed by atoms with E-state index in [1.54, 1.807) is 56.7 Å². The number of likely N-dealkylation sites (tertiary alicyclic amines) is 1. The molecule has 8 heteroatoms. The molecule has 1 fully saturated rings. The summed E-state index contributed by atoms with van der Waals surface area (Å²) in [7, 11) is 4.62. The minimum absolute atomic E-state index is 0.00623. The highest BCUT2D eigenvalue weighted by atomic mass is 16.5. The maximum absolute atomic E-state index is 13.2. The smallest absolute Gasteiger partial charge is 0.295 e. The molecule has 1 aliphatic heterocycles. The molecule has 0 aromatic heterocycles. The summed E-state index contributed by atoms with van der Waals surface area (Å²) in [6.45, 7) is 5.37. The van der Waals surface area contributed by atoms with Gasteiger partial charge in [0, 0.05) is 37.5 Å². The number of hydrogen-bond donors (Lipinski definition) is 1. The second kappa shape index (κ2) is 11.8. The first kappa shape index (κ1) is 26.1. The number of ketones is 1. The van der Waals surface area contributed by atoms with Crippen molar-refractivity contribution < 1.29 is 33.6 Å². The Morgan fingerprint density at radius 1 is 1.00 bits per heavy atom. The van der Waals surface area contributed by atoms with E-state index in [4.69, 9.17) is 18.9 Å². The number of amides is 1. The molecule has 188 valence electrons. The van der Waals surface area contributed by atoms with E-state index in [2.05, 4.69) is 13.8 Å². The van der Waals surface area contributed by atoms with E-state index in [0.29, 0.717) is 53.9 Å². The third kappa shape index (κ3) is 5.77. The van der Waals surface area contributed by atoms with E-state index >= 15 is 0 Å². The summed E-state index contributed by atoms with van der Waals surface area (Å²) in [5, 5.41) is 11.3. The summed E-state index contributed by atoms with van der Waals surface area (Å²) in [4.78, 5) is 27.7. The third-order valence-corrected chi connectivity index (χ3v) is 5.73. The molecule has 1 N–H and O–H groups in total. The van der Waals surface area contributed by atoms with Gasteiger partial charge in [-0.25, -0.2) is 0 Å². The molecule has 1 aliphatic rings. The highest BCUT2D eigenvalue weighted by Gasteiger charge is 2.46. The van der Waals surface area contributed by atoms with Crippen LogP contribution in [0.4, 0.5) is 0 Å². The van der Waals surface area contributed by atoms with Crippen LogP contribution in [0.2, 0.25) is 0 Å². The lowest BCUT2D eigenvalue weighted by atomic mass is 9.94. The van der Waals surface area contributed by atoms with E-state index in [1.807, 2.05) is 0 Å². The molecular weight excluding hydrogens is 450 g/mol. The fourth-order valence-electron chi connectivity index (χ4n) is 3.98. The number of carbonyl (C=O) groups excluding carboxylic acids is 2. The first-order valence-corrected chi connectivity index (χ1v) is 11.5. The van der Waals surface area contributed by atoms with Crippen LogP contribution in [0.1, 0.15) is 37.4 Å². The van der Waals surface area contributed by atoms with Crippen LogP contribution in [0.3, 0.4) is 0 Å². The highest BCUT2D eigenvalue weighted by Crippen LogP contribution is 2.43. The standard InChI is InChI=1S/C27H33NO7/c1-17(2)16-35-19-9-7-18(8-10-19)25(29)23-24(21-12-11-20(33-4)15-22(21)34-5)28(13-6-14-32-3)27(31)26(23)30/h7-12,15,17,24,29H,6,13-14,16H2,1-5H3/b25-23+/t24-/m0/s1. The van der Waals surface area contributed by atoms with E-state index in [-0.39, 0.29) is 17.9 Å². The lowest BCUT2D eigenvalue weighted by Crippen LogP contribution is -2.31. The second-order valence-electron chi connectivity index (χ2n) is 8.68. The number of hydrogen-bond acceptors (Lipinski definition) is 7.